The van der Waals surface area contributed by atoms with E-state index in [1.807, 2.05) is 0 Å². The van der Waals surface area contributed by atoms with Gasteiger partial charge in [0.1, 0.15) is 12.2 Å². The molecule has 8 nitrogen and oxygen atoms in total. The molecular weight excluding hydrogens is 1010 g/mol. The third-order valence-corrected chi connectivity index (χ3v) is 16.1. The van der Waals surface area contributed by atoms with E-state index < -0.39 is 11.9 Å². The second kappa shape index (κ2) is 71.4. The summed E-state index contributed by atoms with van der Waals surface area (Å²) in [5.41, 5.74) is 0. The van der Waals surface area contributed by atoms with Crippen molar-refractivity contribution in [1.82, 2.24) is 0 Å². The number of carboxylic acid groups (broad SMARTS) is 2. The van der Waals surface area contributed by atoms with Gasteiger partial charge in [-0.2, -0.15) is 0 Å². The van der Waals surface area contributed by atoms with E-state index in [4.69, 9.17) is 9.47 Å². The Morgan fingerprint density at radius 3 is 0.570 bits per heavy atom. The fourth-order valence-electron chi connectivity index (χ4n) is 10.9. The second-order valence-corrected chi connectivity index (χ2v) is 24.1. The number of hydrogen-bond acceptors (Lipinski definition) is 8. The van der Waals surface area contributed by atoms with Crippen LogP contribution in [0.4, 0.5) is 0 Å². The zero-order chi connectivity index (χ0) is 57.3. The summed E-state index contributed by atoms with van der Waals surface area (Å²) in [7, 11) is 0. The standard InChI is InChI=1S/2C35H68O4.Ca/c2*1-3-5-7-9-11-12-13-14-15-16-17-18-24-28-32-35(38)39-33(29-25-21-10-8-6-4-2)30-26-22-19-20-23-27-31-34(36)37;/h2*33H,3-32H2,1-2H3,(H,36,37);/q;;+2/p-2. The first-order valence-electron chi connectivity index (χ1n) is 35.0. The average Bonchev–Trinajstić information content (AvgIpc) is 3.42. The summed E-state index contributed by atoms with van der Waals surface area (Å²) in [5.74, 6) is -1.87. The van der Waals surface area contributed by atoms with Crippen LogP contribution in [-0.4, -0.2) is 73.8 Å². The predicted octanol–water partition coefficient (Wildman–Crippen LogP) is 20.4. The maximum Gasteiger partial charge on any atom is 2.00 e. The second-order valence-electron chi connectivity index (χ2n) is 24.1. The van der Waals surface area contributed by atoms with E-state index in [2.05, 4.69) is 27.7 Å². The Bertz CT molecular complexity index is 1140. The molecule has 0 heterocycles. The maximum atomic E-state index is 12.5. The first kappa shape index (κ1) is 82.4. The number of aliphatic carboxylic acids is 2. The molecule has 0 aliphatic heterocycles. The maximum absolute atomic E-state index is 12.5. The Labute approximate surface area is 522 Å². The first-order valence-corrected chi connectivity index (χ1v) is 35.0. The molecule has 0 aromatic rings. The SMILES string of the molecule is CCCCCCCCCCCCCCCCC(=O)OC(CCCCCCCC)CCCCCCCCC(=O)[O-].CCCCCCCCCCCCCCCCC(=O)OC(CCCCCCCC)CCCCCCCCC(=O)[O-].[Ca+2]. The van der Waals surface area contributed by atoms with Crippen molar-refractivity contribution in [2.75, 3.05) is 0 Å². The van der Waals surface area contributed by atoms with Crippen molar-refractivity contribution >= 4 is 61.6 Å². The molecule has 0 aromatic heterocycles. The monoisotopic (exact) mass is 1140 g/mol. The molecule has 79 heavy (non-hydrogen) atoms. The van der Waals surface area contributed by atoms with Crippen LogP contribution in [0.1, 0.15) is 413 Å². The minimum atomic E-state index is -0.941. The summed E-state index contributed by atoms with van der Waals surface area (Å²) < 4.78 is 11.9. The van der Waals surface area contributed by atoms with Gasteiger partial charge < -0.3 is 29.3 Å². The number of esters is 2. The Balaban J connectivity index is -0.00000144. The molecule has 0 rings (SSSR count). The number of hydrogen-bond donors (Lipinski definition) is 0. The Morgan fingerprint density at radius 2 is 0.392 bits per heavy atom. The van der Waals surface area contributed by atoms with Crippen molar-refractivity contribution < 1.29 is 38.9 Å². The molecule has 0 fully saturated rings. The fraction of sp³-hybridized carbons (Fsp3) is 0.943. The number of ether oxygens (including phenoxy) is 2. The zero-order valence-corrected chi connectivity index (χ0v) is 55.8. The van der Waals surface area contributed by atoms with Crippen molar-refractivity contribution in [2.24, 2.45) is 0 Å². The largest absolute Gasteiger partial charge is 2.00 e. The van der Waals surface area contributed by atoms with E-state index >= 15 is 0 Å². The quantitative estimate of drug-likeness (QED) is 0.0334. The number of carboxylic acids is 2. The van der Waals surface area contributed by atoms with E-state index in [1.54, 1.807) is 0 Å². The summed E-state index contributed by atoms with van der Waals surface area (Å²) in [4.78, 5) is 46.1. The summed E-state index contributed by atoms with van der Waals surface area (Å²) in [6.07, 6.45) is 70.2. The molecule has 0 N–H and O–H groups in total. The van der Waals surface area contributed by atoms with Gasteiger partial charge in [-0.15, -0.1) is 0 Å². The Morgan fingerprint density at radius 1 is 0.241 bits per heavy atom. The third-order valence-electron chi connectivity index (χ3n) is 16.1. The molecule has 0 saturated heterocycles. The van der Waals surface area contributed by atoms with Crippen LogP contribution in [0, 0.1) is 0 Å². The molecule has 2 unspecified atom stereocenters. The van der Waals surface area contributed by atoms with Crippen LogP contribution in [0.3, 0.4) is 0 Å². The number of unbranched alkanes of at least 4 members (excludes halogenated alkanes) is 46. The molecule has 0 radical (unpaired) electrons. The Hall–Kier alpha value is -0.860. The first-order chi connectivity index (χ1) is 38.2. The number of carbonyl (C=O) groups is 4. The van der Waals surface area contributed by atoms with Gasteiger partial charge in [0.05, 0.1) is 0 Å². The topological polar surface area (TPSA) is 133 Å². The van der Waals surface area contributed by atoms with Crippen LogP contribution in [-0.2, 0) is 28.7 Å². The van der Waals surface area contributed by atoms with E-state index in [0.29, 0.717) is 12.8 Å². The van der Waals surface area contributed by atoms with E-state index in [9.17, 15) is 29.4 Å². The van der Waals surface area contributed by atoms with Gasteiger partial charge in [0, 0.05) is 24.8 Å². The summed E-state index contributed by atoms with van der Waals surface area (Å²) in [5, 5.41) is 21.0. The minimum absolute atomic E-state index is 0. The van der Waals surface area contributed by atoms with Crippen molar-refractivity contribution in [2.45, 2.75) is 425 Å². The van der Waals surface area contributed by atoms with Crippen LogP contribution in [0.2, 0.25) is 0 Å². The predicted molar refractivity (Wildman–Crippen MR) is 335 cm³/mol. The molecule has 0 aliphatic carbocycles. The molecule has 464 valence electrons. The molecule has 0 saturated carbocycles. The third kappa shape index (κ3) is 73.2. The van der Waals surface area contributed by atoms with Gasteiger partial charge in [0.2, 0.25) is 0 Å². The Kier molecular flexibility index (Phi) is 74.4. The molecule has 0 spiro atoms. The normalized spacial score (nSPS) is 11.9. The summed E-state index contributed by atoms with van der Waals surface area (Å²) in [6, 6.07) is 0. The minimum Gasteiger partial charge on any atom is -0.550 e. The smallest absolute Gasteiger partial charge is 0.550 e. The van der Waals surface area contributed by atoms with Gasteiger partial charge in [0.15, 0.2) is 0 Å². The van der Waals surface area contributed by atoms with E-state index in [-0.39, 0.29) is 74.7 Å². The molecule has 2 atom stereocenters. The zero-order valence-electron chi connectivity index (χ0n) is 53.6. The average molecular weight is 1140 g/mol. The van der Waals surface area contributed by atoms with Crippen LogP contribution in [0.25, 0.3) is 0 Å². The number of rotatable bonds is 64. The van der Waals surface area contributed by atoms with Crippen LogP contribution in [0.15, 0.2) is 0 Å². The van der Waals surface area contributed by atoms with Gasteiger partial charge in [-0.3, -0.25) is 9.59 Å². The van der Waals surface area contributed by atoms with Crippen LogP contribution in [0.5, 0.6) is 0 Å². The van der Waals surface area contributed by atoms with Gasteiger partial charge in [0.25, 0.3) is 0 Å². The van der Waals surface area contributed by atoms with Crippen LogP contribution < -0.4 is 10.2 Å². The van der Waals surface area contributed by atoms with Crippen molar-refractivity contribution in [3.63, 3.8) is 0 Å². The van der Waals surface area contributed by atoms with E-state index in [1.165, 1.54) is 218 Å². The molecule has 0 aromatic carbocycles. The van der Waals surface area contributed by atoms with Crippen molar-refractivity contribution in [3.8, 4) is 0 Å². The van der Waals surface area contributed by atoms with E-state index in [0.717, 1.165) is 141 Å². The van der Waals surface area contributed by atoms with Crippen molar-refractivity contribution in [1.29, 1.82) is 0 Å². The fourth-order valence-corrected chi connectivity index (χ4v) is 10.9. The molecule has 0 amide bonds. The van der Waals surface area contributed by atoms with Gasteiger partial charge in [-0.05, 0) is 89.9 Å². The van der Waals surface area contributed by atoms with Gasteiger partial charge in [-0.25, -0.2) is 0 Å². The molecule has 9 heteroatoms. The van der Waals surface area contributed by atoms with Crippen molar-refractivity contribution in [3.05, 3.63) is 0 Å². The summed E-state index contributed by atoms with van der Waals surface area (Å²) >= 11 is 0. The molecule has 0 aliphatic rings. The van der Waals surface area contributed by atoms with Gasteiger partial charge in [-0.1, -0.05) is 310 Å². The molecular formula is C70H134CaO8. The molecule has 0 bridgehead atoms. The summed E-state index contributed by atoms with van der Waals surface area (Å²) in [6.45, 7) is 9.05. The van der Waals surface area contributed by atoms with Gasteiger partial charge >= 0.3 is 49.7 Å². The number of carbonyl (C=O) groups excluding carboxylic acids is 4. The van der Waals surface area contributed by atoms with Crippen LogP contribution >= 0.6 is 0 Å².